The minimum absolute atomic E-state index is 0.00878. The smallest absolute Gasteiger partial charge is 0.325 e. The highest BCUT2D eigenvalue weighted by Crippen LogP contribution is 2.12. The van der Waals surface area contributed by atoms with Gasteiger partial charge in [-0.15, -0.1) is 0 Å². The van der Waals surface area contributed by atoms with Crippen molar-refractivity contribution in [2.75, 3.05) is 20.2 Å². The lowest BCUT2D eigenvalue weighted by molar-refractivity contribution is -0.144. The highest BCUT2D eigenvalue weighted by molar-refractivity contribution is 5.95. The summed E-state index contributed by atoms with van der Waals surface area (Å²) in [6.45, 7) is 4.68. The van der Waals surface area contributed by atoms with Crippen LogP contribution in [0.2, 0.25) is 0 Å². The second-order valence-corrected chi connectivity index (χ2v) is 8.49. The predicted molar refractivity (Wildman–Crippen MR) is 125 cm³/mol. The van der Waals surface area contributed by atoms with E-state index in [1.807, 2.05) is 19.1 Å². The largest absolute Gasteiger partial charge is 0.464 e. The average molecular weight is 418 g/mol. The van der Waals surface area contributed by atoms with Crippen LogP contribution in [0, 0.1) is 6.92 Å². The maximum atomic E-state index is 12.3. The van der Waals surface area contributed by atoms with E-state index in [0.29, 0.717) is 12.2 Å². The fourth-order valence-corrected chi connectivity index (χ4v) is 3.53. The lowest BCUT2D eigenvalue weighted by atomic mass is 10.0. The fourth-order valence-electron chi connectivity index (χ4n) is 3.53. The molecule has 0 aliphatic rings. The minimum Gasteiger partial charge on any atom is -0.464 e. The van der Waals surface area contributed by atoms with Crippen molar-refractivity contribution in [3.63, 3.8) is 0 Å². The first-order valence-corrected chi connectivity index (χ1v) is 12.0. The van der Waals surface area contributed by atoms with Gasteiger partial charge in [0.2, 0.25) is 0 Å². The van der Waals surface area contributed by atoms with Crippen LogP contribution in [-0.2, 0) is 9.53 Å². The second-order valence-electron chi connectivity index (χ2n) is 8.49. The van der Waals surface area contributed by atoms with Crippen molar-refractivity contribution in [2.45, 2.75) is 97.3 Å². The summed E-state index contributed by atoms with van der Waals surface area (Å²) < 4.78 is 5.28. The summed E-state index contributed by atoms with van der Waals surface area (Å²) in [5.74, 6) is -0.496. The second kappa shape index (κ2) is 16.9. The van der Waals surface area contributed by atoms with Gasteiger partial charge in [0.05, 0.1) is 6.61 Å². The third kappa shape index (κ3) is 12.7. The zero-order chi connectivity index (χ0) is 22.0. The number of hydrogen-bond acceptors (Lipinski definition) is 3. The molecule has 1 rings (SSSR count). The minimum atomic E-state index is -0.336. The molecule has 1 aromatic carbocycles. The van der Waals surface area contributed by atoms with E-state index >= 15 is 0 Å². The molecule has 0 bridgehead atoms. The molecule has 0 heterocycles. The first kappa shape index (κ1) is 26.2. The first-order chi connectivity index (χ1) is 14.5. The van der Waals surface area contributed by atoms with E-state index in [1.165, 1.54) is 75.5 Å². The van der Waals surface area contributed by atoms with Gasteiger partial charge in [-0.2, -0.15) is 0 Å². The fraction of sp³-hybridized carbons (Fsp3) is 0.692. The van der Waals surface area contributed by atoms with Crippen molar-refractivity contribution < 1.29 is 14.3 Å². The van der Waals surface area contributed by atoms with Crippen molar-refractivity contribution in [1.29, 1.82) is 0 Å². The number of esters is 1. The standard InChI is InChI=1S/C26H43NO3/c1-4-5-6-7-8-9-10-11-12-13-14-15-16-21-30-25(28)22-27(3)26(29)24-19-17-23(2)18-20-24/h17-20H,4-16,21-22H2,1-3H3. The van der Waals surface area contributed by atoms with Gasteiger partial charge >= 0.3 is 5.97 Å². The Labute approximate surface area is 184 Å². The Morgan fingerprint density at radius 2 is 1.23 bits per heavy atom. The van der Waals surface area contributed by atoms with Crippen LogP contribution in [0.1, 0.15) is 106 Å². The van der Waals surface area contributed by atoms with Gasteiger partial charge in [-0.05, 0) is 25.5 Å². The number of aryl methyl sites for hydroxylation is 1. The molecule has 0 aliphatic carbocycles. The molecule has 0 fully saturated rings. The molecule has 0 saturated carbocycles. The zero-order valence-corrected chi connectivity index (χ0v) is 19.6. The summed E-state index contributed by atoms with van der Waals surface area (Å²) in [7, 11) is 1.63. The maximum absolute atomic E-state index is 12.3. The van der Waals surface area contributed by atoms with E-state index in [0.717, 1.165) is 18.4 Å². The molecule has 30 heavy (non-hydrogen) atoms. The van der Waals surface area contributed by atoms with E-state index in [-0.39, 0.29) is 18.4 Å². The van der Waals surface area contributed by atoms with Gasteiger partial charge in [0.25, 0.3) is 5.91 Å². The molecule has 0 aromatic heterocycles. The van der Waals surface area contributed by atoms with E-state index in [2.05, 4.69) is 6.92 Å². The monoisotopic (exact) mass is 417 g/mol. The van der Waals surface area contributed by atoms with Crippen molar-refractivity contribution >= 4 is 11.9 Å². The maximum Gasteiger partial charge on any atom is 0.325 e. The number of ether oxygens (including phenoxy) is 1. The summed E-state index contributed by atoms with van der Waals surface area (Å²) in [5, 5.41) is 0. The Morgan fingerprint density at radius 1 is 0.767 bits per heavy atom. The zero-order valence-electron chi connectivity index (χ0n) is 19.6. The first-order valence-electron chi connectivity index (χ1n) is 12.0. The SMILES string of the molecule is CCCCCCCCCCCCCCCOC(=O)CN(C)C(=O)c1ccc(C)cc1. The predicted octanol–water partition coefficient (Wildman–Crippen LogP) is 6.70. The molecule has 4 nitrogen and oxygen atoms in total. The van der Waals surface area contributed by atoms with Gasteiger partial charge < -0.3 is 9.64 Å². The molecular weight excluding hydrogens is 374 g/mol. The van der Waals surface area contributed by atoms with E-state index in [1.54, 1.807) is 19.2 Å². The van der Waals surface area contributed by atoms with Gasteiger partial charge in [0, 0.05) is 12.6 Å². The van der Waals surface area contributed by atoms with Crippen LogP contribution >= 0.6 is 0 Å². The molecule has 0 atom stereocenters. The lowest BCUT2D eigenvalue weighted by Crippen LogP contribution is -2.33. The number of hydrogen-bond donors (Lipinski definition) is 0. The van der Waals surface area contributed by atoms with Gasteiger partial charge in [-0.3, -0.25) is 9.59 Å². The molecule has 1 amide bonds. The van der Waals surface area contributed by atoms with Crippen LogP contribution in [0.25, 0.3) is 0 Å². The Morgan fingerprint density at radius 3 is 1.73 bits per heavy atom. The third-order valence-corrected chi connectivity index (χ3v) is 5.52. The van der Waals surface area contributed by atoms with Crippen molar-refractivity contribution in [2.24, 2.45) is 0 Å². The summed E-state index contributed by atoms with van der Waals surface area (Å²) in [6.07, 6.45) is 16.8. The van der Waals surface area contributed by atoms with Crippen LogP contribution in [0.3, 0.4) is 0 Å². The highest BCUT2D eigenvalue weighted by atomic mass is 16.5. The van der Waals surface area contributed by atoms with Crippen LogP contribution in [-0.4, -0.2) is 37.0 Å². The molecule has 0 saturated heterocycles. The van der Waals surface area contributed by atoms with Crippen molar-refractivity contribution in [3.8, 4) is 0 Å². The number of unbranched alkanes of at least 4 members (excludes halogenated alkanes) is 12. The van der Waals surface area contributed by atoms with Crippen LogP contribution < -0.4 is 0 Å². The summed E-state index contributed by atoms with van der Waals surface area (Å²) >= 11 is 0. The summed E-state index contributed by atoms with van der Waals surface area (Å²) in [5.41, 5.74) is 1.69. The topological polar surface area (TPSA) is 46.6 Å². The third-order valence-electron chi connectivity index (χ3n) is 5.52. The van der Waals surface area contributed by atoms with E-state index < -0.39 is 0 Å². The molecule has 4 heteroatoms. The van der Waals surface area contributed by atoms with Crippen LogP contribution in [0.15, 0.2) is 24.3 Å². The molecule has 0 spiro atoms. The Bertz CT molecular complexity index is 582. The van der Waals surface area contributed by atoms with Crippen LogP contribution in [0.5, 0.6) is 0 Å². The Hall–Kier alpha value is -1.84. The Balaban J connectivity index is 1.95. The number of likely N-dealkylation sites (N-methyl/N-ethyl adjacent to an activating group) is 1. The summed E-state index contributed by atoms with van der Waals surface area (Å²) in [6, 6.07) is 7.36. The molecule has 0 radical (unpaired) electrons. The number of amides is 1. The van der Waals surface area contributed by atoms with Gasteiger partial charge in [-0.1, -0.05) is 102 Å². The van der Waals surface area contributed by atoms with Crippen molar-refractivity contribution in [3.05, 3.63) is 35.4 Å². The van der Waals surface area contributed by atoms with Gasteiger partial charge in [0.15, 0.2) is 0 Å². The quantitative estimate of drug-likeness (QED) is 0.209. The highest BCUT2D eigenvalue weighted by Gasteiger charge is 2.15. The molecule has 0 N–H and O–H groups in total. The molecule has 1 aromatic rings. The summed E-state index contributed by atoms with van der Waals surface area (Å²) in [4.78, 5) is 25.7. The van der Waals surface area contributed by atoms with Gasteiger partial charge in [-0.25, -0.2) is 0 Å². The van der Waals surface area contributed by atoms with Crippen molar-refractivity contribution in [1.82, 2.24) is 4.90 Å². The number of rotatable bonds is 17. The molecular formula is C26H43NO3. The van der Waals surface area contributed by atoms with E-state index in [4.69, 9.17) is 4.74 Å². The van der Waals surface area contributed by atoms with E-state index in [9.17, 15) is 9.59 Å². The molecule has 170 valence electrons. The number of benzene rings is 1. The number of carbonyl (C=O) groups is 2. The number of carbonyl (C=O) groups excluding carboxylic acids is 2. The Kier molecular flexibility index (Phi) is 14.8. The lowest BCUT2D eigenvalue weighted by Gasteiger charge is -2.16. The normalized spacial score (nSPS) is 10.8. The number of nitrogens with zero attached hydrogens (tertiary/aromatic N) is 1. The van der Waals surface area contributed by atoms with Gasteiger partial charge in [0.1, 0.15) is 6.54 Å². The molecule has 0 unspecified atom stereocenters. The average Bonchev–Trinajstić information content (AvgIpc) is 2.74. The molecule has 0 aliphatic heterocycles. The van der Waals surface area contributed by atoms with Crippen LogP contribution in [0.4, 0.5) is 0 Å².